The summed E-state index contributed by atoms with van der Waals surface area (Å²) in [5.41, 5.74) is -0.212. The molecule has 0 unspecified atom stereocenters. The summed E-state index contributed by atoms with van der Waals surface area (Å²) in [6, 6.07) is 0. The lowest BCUT2D eigenvalue weighted by Gasteiger charge is -2.07. The van der Waals surface area contributed by atoms with E-state index < -0.39 is 5.97 Å². The predicted octanol–water partition coefficient (Wildman–Crippen LogP) is 1.10. The summed E-state index contributed by atoms with van der Waals surface area (Å²) < 4.78 is 9.65. The lowest BCUT2D eigenvalue weighted by Crippen LogP contribution is -2.28. The van der Waals surface area contributed by atoms with Gasteiger partial charge in [0.05, 0.1) is 13.2 Å². The first-order valence-corrected chi connectivity index (χ1v) is 5.31. The first kappa shape index (κ1) is 12.5. The quantitative estimate of drug-likeness (QED) is 0.319. The van der Waals surface area contributed by atoms with Crippen molar-refractivity contribution < 1.29 is 19.1 Å². The summed E-state index contributed by atoms with van der Waals surface area (Å²) in [5.74, 6) is -1.01. The van der Waals surface area contributed by atoms with Crippen molar-refractivity contribution in [3.63, 3.8) is 0 Å². The van der Waals surface area contributed by atoms with Gasteiger partial charge in [0.15, 0.2) is 0 Å². The molecule has 0 aliphatic heterocycles. The molecule has 0 saturated heterocycles. The second kappa shape index (κ2) is 6.09. The Labute approximate surface area is 94.1 Å². The monoisotopic (exact) mass is 228 g/mol. The number of ether oxygens (including phenoxy) is 2. The molecule has 1 N–H and O–H groups in total. The van der Waals surface area contributed by atoms with E-state index in [1.165, 1.54) is 0 Å². The molecule has 0 spiro atoms. The number of carbonyl (C=O) groups excluding carboxylic acids is 1. The second-order valence-corrected chi connectivity index (χ2v) is 3.23. The van der Waals surface area contributed by atoms with Gasteiger partial charge in [-0.15, -0.1) is 0 Å². The highest BCUT2D eigenvalue weighted by molar-refractivity contribution is 6.63. The number of esters is 1. The molecule has 1 fully saturated rings. The van der Waals surface area contributed by atoms with Crippen LogP contribution >= 0.6 is 0 Å². The van der Waals surface area contributed by atoms with Crippen LogP contribution < -0.4 is 0 Å². The maximum Gasteiger partial charge on any atom is 0.366 e. The second-order valence-electron chi connectivity index (χ2n) is 3.23. The van der Waals surface area contributed by atoms with E-state index in [4.69, 9.17) is 19.7 Å². The van der Waals surface area contributed by atoms with E-state index in [9.17, 15) is 4.79 Å². The Morgan fingerprint density at radius 3 is 2.44 bits per heavy atom. The van der Waals surface area contributed by atoms with Crippen LogP contribution in [0.5, 0.6) is 0 Å². The zero-order valence-electron chi connectivity index (χ0n) is 9.49. The van der Waals surface area contributed by atoms with Gasteiger partial charge in [0.2, 0.25) is 11.6 Å². The van der Waals surface area contributed by atoms with Gasteiger partial charge in [-0.3, -0.25) is 5.41 Å². The fraction of sp³-hybridized carbons (Fsp3) is 0.700. The third-order valence-corrected chi connectivity index (χ3v) is 1.79. The summed E-state index contributed by atoms with van der Waals surface area (Å²) in [4.78, 5) is 16.5. The zero-order valence-corrected chi connectivity index (χ0v) is 9.49. The molecule has 0 atom stereocenters. The van der Waals surface area contributed by atoms with Gasteiger partial charge in [-0.1, -0.05) is 5.16 Å². The summed E-state index contributed by atoms with van der Waals surface area (Å²) in [5, 5.41) is 11.1. The molecule has 6 nitrogen and oxygen atoms in total. The normalized spacial score (nSPS) is 15.5. The van der Waals surface area contributed by atoms with Crippen molar-refractivity contribution in [3.05, 3.63) is 0 Å². The molecule has 0 aromatic heterocycles. The van der Waals surface area contributed by atoms with Crippen LogP contribution in [0.3, 0.4) is 0 Å². The van der Waals surface area contributed by atoms with Crippen LogP contribution in [-0.4, -0.2) is 36.9 Å². The Morgan fingerprint density at radius 2 is 1.94 bits per heavy atom. The van der Waals surface area contributed by atoms with Crippen LogP contribution in [0.4, 0.5) is 0 Å². The number of hydrogen-bond donors (Lipinski definition) is 1. The molecule has 0 aromatic carbocycles. The third kappa shape index (κ3) is 3.88. The van der Waals surface area contributed by atoms with Gasteiger partial charge in [-0.05, 0) is 26.7 Å². The van der Waals surface area contributed by atoms with E-state index in [0.717, 1.165) is 12.8 Å². The van der Waals surface area contributed by atoms with E-state index in [1.807, 2.05) is 0 Å². The minimum atomic E-state index is -0.693. The number of nitrogens with zero attached hydrogens (tertiary/aromatic N) is 1. The van der Waals surface area contributed by atoms with Crippen molar-refractivity contribution in [3.8, 4) is 0 Å². The molecule has 1 saturated carbocycles. The van der Waals surface area contributed by atoms with Gasteiger partial charge in [-0.2, -0.15) is 0 Å². The molecule has 0 bridgehead atoms. The standard InChI is InChI=1S/C10H16N2O4/c1-3-14-9(11)8(10(13)15-4-2)12-16-7-5-6-7/h7,11H,3-6H2,1-2H3/b11-9?,12-8+. The van der Waals surface area contributed by atoms with Crippen molar-refractivity contribution >= 4 is 17.6 Å². The van der Waals surface area contributed by atoms with Gasteiger partial charge in [0, 0.05) is 0 Å². The van der Waals surface area contributed by atoms with Gasteiger partial charge in [0.1, 0.15) is 6.10 Å². The zero-order chi connectivity index (χ0) is 12.0. The van der Waals surface area contributed by atoms with Crippen LogP contribution in [0, 0.1) is 5.41 Å². The predicted molar refractivity (Wildman–Crippen MR) is 57.5 cm³/mol. The molecule has 0 amide bonds. The average molecular weight is 228 g/mol. The highest BCUT2D eigenvalue weighted by Gasteiger charge is 2.26. The summed E-state index contributed by atoms with van der Waals surface area (Å²) in [6.45, 7) is 3.92. The van der Waals surface area contributed by atoms with E-state index in [0.29, 0.717) is 6.61 Å². The molecule has 90 valence electrons. The molecule has 0 radical (unpaired) electrons. The summed E-state index contributed by atoms with van der Waals surface area (Å²) >= 11 is 0. The molecular weight excluding hydrogens is 212 g/mol. The Hall–Kier alpha value is -1.59. The highest BCUT2D eigenvalue weighted by Crippen LogP contribution is 2.23. The van der Waals surface area contributed by atoms with Crippen molar-refractivity contribution in [2.24, 2.45) is 5.16 Å². The molecule has 1 aliphatic rings. The average Bonchev–Trinajstić information content (AvgIpc) is 3.02. The van der Waals surface area contributed by atoms with E-state index in [2.05, 4.69) is 5.16 Å². The highest BCUT2D eigenvalue weighted by atomic mass is 16.6. The van der Waals surface area contributed by atoms with E-state index in [-0.39, 0.29) is 24.3 Å². The van der Waals surface area contributed by atoms with Crippen molar-refractivity contribution in [1.82, 2.24) is 0 Å². The molecule has 16 heavy (non-hydrogen) atoms. The minimum Gasteiger partial charge on any atom is -0.477 e. The van der Waals surface area contributed by atoms with Crippen molar-refractivity contribution in [2.75, 3.05) is 13.2 Å². The Balaban J connectivity index is 2.61. The molecule has 1 rings (SSSR count). The number of oxime groups is 1. The fourth-order valence-corrected chi connectivity index (χ4v) is 0.884. The maximum atomic E-state index is 11.4. The van der Waals surface area contributed by atoms with Crippen molar-refractivity contribution in [1.29, 1.82) is 5.41 Å². The lowest BCUT2D eigenvalue weighted by atomic mass is 10.4. The number of rotatable bonds is 6. The number of nitrogens with one attached hydrogen (secondary N) is 1. The van der Waals surface area contributed by atoms with Crippen LogP contribution in [0.15, 0.2) is 5.16 Å². The Bertz CT molecular complexity index is 277. The van der Waals surface area contributed by atoms with Gasteiger partial charge in [0.25, 0.3) is 0 Å². The summed E-state index contributed by atoms with van der Waals surface area (Å²) in [6.07, 6.45) is 1.93. The van der Waals surface area contributed by atoms with Gasteiger partial charge in [-0.25, -0.2) is 4.79 Å². The first-order chi connectivity index (χ1) is 7.69. The molecule has 0 aromatic rings. The first-order valence-electron chi connectivity index (χ1n) is 5.31. The van der Waals surface area contributed by atoms with E-state index in [1.54, 1.807) is 13.8 Å². The molecule has 0 heterocycles. The van der Waals surface area contributed by atoms with Crippen LogP contribution in [0.2, 0.25) is 0 Å². The van der Waals surface area contributed by atoms with Crippen LogP contribution in [0.25, 0.3) is 0 Å². The van der Waals surface area contributed by atoms with Gasteiger partial charge < -0.3 is 14.3 Å². The third-order valence-electron chi connectivity index (χ3n) is 1.79. The maximum absolute atomic E-state index is 11.4. The smallest absolute Gasteiger partial charge is 0.366 e. The lowest BCUT2D eigenvalue weighted by molar-refractivity contribution is -0.135. The fourth-order valence-electron chi connectivity index (χ4n) is 0.884. The molecular formula is C10H16N2O4. The SMILES string of the molecule is CCOC(=N)/C(=N\OC1CC1)C(=O)OCC. The Morgan fingerprint density at radius 1 is 1.31 bits per heavy atom. The largest absolute Gasteiger partial charge is 0.477 e. The Kier molecular flexibility index (Phi) is 4.75. The molecule has 1 aliphatic carbocycles. The summed E-state index contributed by atoms with van der Waals surface area (Å²) in [7, 11) is 0. The van der Waals surface area contributed by atoms with Crippen molar-refractivity contribution in [2.45, 2.75) is 32.8 Å². The number of carbonyl (C=O) groups is 1. The molecule has 6 heteroatoms. The minimum absolute atomic E-state index is 0.0684. The van der Waals surface area contributed by atoms with E-state index >= 15 is 0 Å². The van der Waals surface area contributed by atoms with Gasteiger partial charge >= 0.3 is 5.97 Å². The van der Waals surface area contributed by atoms with Crippen LogP contribution in [0.1, 0.15) is 26.7 Å². The van der Waals surface area contributed by atoms with Crippen LogP contribution in [-0.2, 0) is 19.1 Å². The topological polar surface area (TPSA) is 81.0 Å². The number of hydrogen-bond acceptors (Lipinski definition) is 6.